The molecule has 0 radical (unpaired) electrons. The van der Waals surface area contributed by atoms with Crippen molar-refractivity contribution in [1.82, 2.24) is 25.3 Å². The van der Waals surface area contributed by atoms with Crippen molar-refractivity contribution < 1.29 is 23.9 Å². The molecule has 1 aromatic carbocycles. The van der Waals surface area contributed by atoms with Gasteiger partial charge in [-0.3, -0.25) is 14.4 Å². The Kier molecular flexibility index (Phi) is 11.2. The second-order valence-electron chi connectivity index (χ2n) is 11.9. The molecule has 10 nitrogen and oxygen atoms in total. The number of piperidine rings is 1. The molecular weight excluding hydrogens is 602 g/mol. The third-order valence-electron chi connectivity index (χ3n) is 9.02. The number of amides is 4. The first-order valence-electron chi connectivity index (χ1n) is 15.6. The van der Waals surface area contributed by atoms with Gasteiger partial charge in [0, 0.05) is 44.0 Å². The van der Waals surface area contributed by atoms with Crippen LogP contribution in [0.1, 0.15) is 56.7 Å². The molecule has 0 unspecified atom stereocenters. The van der Waals surface area contributed by atoms with Gasteiger partial charge in [0.15, 0.2) is 5.75 Å². The Morgan fingerprint density at radius 3 is 2.39 bits per heavy atom. The maximum atomic E-state index is 14.5. The van der Waals surface area contributed by atoms with Gasteiger partial charge in [0.05, 0.1) is 24.2 Å². The lowest BCUT2D eigenvalue weighted by Gasteiger charge is -2.44. The van der Waals surface area contributed by atoms with Gasteiger partial charge >= 0.3 is 6.09 Å². The van der Waals surface area contributed by atoms with Gasteiger partial charge in [-0.05, 0) is 55.2 Å². The molecule has 238 valence electrons. The molecule has 2 saturated heterocycles. The summed E-state index contributed by atoms with van der Waals surface area (Å²) in [6.45, 7) is 3.58. The Morgan fingerprint density at radius 1 is 0.955 bits per heavy atom. The number of hydrogen-bond acceptors (Lipinski definition) is 7. The summed E-state index contributed by atoms with van der Waals surface area (Å²) >= 11 is 7.76. The third kappa shape index (κ3) is 8.11. The van der Waals surface area contributed by atoms with Gasteiger partial charge < -0.3 is 30.1 Å². The van der Waals surface area contributed by atoms with Gasteiger partial charge in [-0.15, -0.1) is 11.3 Å². The lowest BCUT2D eigenvalue weighted by atomic mass is 9.86. The molecule has 1 aromatic heterocycles. The summed E-state index contributed by atoms with van der Waals surface area (Å²) in [4.78, 5) is 59.4. The minimum absolute atomic E-state index is 0.00420. The maximum Gasteiger partial charge on any atom is 0.415 e. The predicted molar refractivity (Wildman–Crippen MR) is 169 cm³/mol. The number of nitrogens with one attached hydrogen (secondary N) is 2. The quantitative estimate of drug-likeness (QED) is 0.444. The molecule has 4 amide bonds. The van der Waals surface area contributed by atoms with Gasteiger partial charge in [0.2, 0.25) is 17.7 Å². The van der Waals surface area contributed by atoms with Crippen LogP contribution in [-0.4, -0.2) is 89.4 Å². The van der Waals surface area contributed by atoms with Crippen LogP contribution in [0, 0.1) is 5.92 Å². The van der Waals surface area contributed by atoms with Crippen molar-refractivity contribution in [3.63, 3.8) is 0 Å². The molecule has 3 heterocycles. The van der Waals surface area contributed by atoms with E-state index in [0.717, 1.165) is 43.4 Å². The van der Waals surface area contributed by atoms with Crippen LogP contribution in [0.15, 0.2) is 41.8 Å². The monoisotopic (exact) mass is 643 g/mol. The van der Waals surface area contributed by atoms with Crippen molar-refractivity contribution >= 4 is 46.8 Å². The molecule has 1 aliphatic carbocycles. The van der Waals surface area contributed by atoms with E-state index in [1.54, 1.807) is 47.4 Å². The summed E-state index contributed by atoms with van der Waals surface area (Å²) in [7, 11) is 0. The summed E-state index contributed by atoms with van der Waals surface area (Å²) in [6, 6.07) is 9.48. The number of carbonyl (C=O) groups excluding carboxylic acids is 4. The number of halogens is 1. The summed E-state index contributed by atoms with van der Waals surface area (Å²) in [5.41, 5.74) is 0. The highest BCUT2D eigenvalue weighted by Crippen LogP contribution is 2.28. The highest BCUT2D eigenvalue weighted by molar-refractivity contribution is 7.09. The number of para-hydroxylation sites is 1. The minimum Gasteiger partial charge on any atom is -0.409 e. The molecule has 5 rings (SSSR count). The average Bonchev–Trinajstić information content (AvgIpc) is 3.57. The van der Waals surface area contributed by atoms with E-state index in [1.165, 1.54) is 11.3 Å². The standard InChI is InChI=1S/C32H42ClN5O5S/c1-22(39)36-15-13-23(14-16-36)29(35-24-8-3-2-4-9-24)31(41)38-18-17-37(32(42)43-28-12-6-5-11-26(28)33)21-27(38)30(40)34-20-25-10-7-19-44-25/h5-7,10-12,19,23-24,27,29,35H,2-4,8-9,13-18,20-21H2,1H3,(H,34,40)/t27-,29+/m0/s1. The van der Waals surface area contributed by atoms with Crippen LogP contribution in [0.25, 0.3) is 0 Å². The highest BCUT2D eigenvalue weighted by Gasteiger charge is 2.43. The zero-order valence-corrected chi connectivity index (χ0v) is 26.8. The molecule has 2 aliphatic heterocycles. The van der Waals surface area contributed by atoms with Crippen molar-refractivity contribution in [3.8, 4) is 5.75 Å². The number of rotatable bonds is 8. The first-order chi connectivity index (χ1) is 21.3. The van der Waals surface area contributed by atoms with Crippen molar-refractivity contribution in [2.75, 3.05) is 32.7 Å². The largest absolute Gasteiger partial charge is 0.415 e. The van der Waals surface area contributed by atoms with E-state index in [4.69, 9.17) is 16.3 Å². The number of hydrogen-bond donors (Lipinski definition) is 2. The number of piperazine rings is 1. The second-order valence-corrected chi connectivity index (χ2v) is 13.4. The van der Waals surface area contributed by atoms with Crippen LogP contribution >= 0.6 is 22.9 Å². The van der Waals surface area contributed by atoms with Crippen LogP contribution in [0.5, 0.6) is 5.75 Å². The molecule has 44 heavy (non-hydrogen) atoms. The predicted octanol–water partition coefficient (Wildman–Crippen LogP) is 4.28. The van der Waals surface area contributed by atoms with Crippen LogP contribution in [0.4, 0.5) is 4.79 Å². The minimum atomic E-state index is -0.886. The first kappa shape index (κ1) is 32.2. The maximum absolute atomic E-state index is 14.5. The summed E-state index contributed by atoms with van der Waals surface area (Å²) in [5.74, 6) is -0.103. The molecule has 1 saturated carbocycles. The number of benzene rings is 1. The van der Waals surface area contributed by atoms with Crippen LogP contribution in [-0.2, 0) is 20.9 Å². The van der Waals surface area contributed by atoms with Gasteiger partial charge in [0.1, 0.15) is 6.04 Å². The number of likely N-dealkylation sites (tertiary alicyclic amines) is 1. The number of carbonyl (C=O) groups is 4. The molecule has 2 N–H and O–H groups in total. The summed E-state index contributed by atoms with van der Waals surface area (Å²) in [6.07, 6.45) is 6.30. The normalized spacial score (nSPS) is 20.7. The fourth-order valence-corrected chi connectivity index (χ4v) is 7.31. The molecule has 2 atom stereocenters. The smallest absolute Gasteiger partial charge is 0.409 e. The third-order valence-corrected chi connectivity index (χ3v) is 10.2. The van der Waals surface area contributed by atoms with E-state index < -0.39 is 18.2 Å². The molecular formula is C32H42ClN5O5S. The van der Waals surface area contributed by atoms with Gasteiger partial charge in [-0.1, -0.05) is 49.1 Å². The molecule has 0 spiro atoms. The Labute approximate surface area is 268 Å². The van der Waals surface area contributed by atoms with Crippen molar-refractivity contribution in [2.24, 2.45) is 5.92 Å². The molecule has 2 aromatic rings. The van der Waals surface area contributed by atoms with E-state index in [0.29, 0.717) is 24.7 Å². The van der Waals surface area contributed by atoms with Crippen LogP contribution < -0.4 is 15.4 Å². The molecule has 0 bridgehead atoms. The van der Waals surface area contributed by atoms with E-state index >= 15 is 0 Å². The number of thiophene rings is 1. The Hall–Kier alpha value is -3.15. The highest BCUT2D eigenvalue weighted by atomic mass is 35.5. The van der Waals surface area contributed by atoms with Crippen molar-refractivity contribution in [1.29, 1.82) is 0 Å². The van der Waals surface area contributed by atoms with E-state index in [9.17, 15) is 19.2 Å². The molecule has 12 heteroatoms. The average molecular weight is 644 g/mol. The summed E-state index contributed by atoms with van der Waals surface area (Å²) < 4.78 is 5.58. The van der Waals surface area contributed by atoms with Crippen LogP contribution in [0.2, 0.25) is 5.02 Å². The first-order valence-corrected chi connectivity index (χ1v) is 16.9. The Balaban J connectivity index is 1.35. The van der Waals surface area contributed by atoms with Crippen molar-refractivity contribution in [2.45, 2.75) is 76.5 Å². The molecule has 3 fully saturated rings. The van der Waals surface area contributed by atoms with E-state index in [2.05, 4.69) is 10.6 Å². The Bertz CT molecular complexity index is 1300. The van der Waals surface area contributed by atoms with Crippen LogP contribution in [0.3, 0.4) is 0 Å². The van der Waals surface area contributed by atoms with Gasteiger partial charge in [-0.25, -0.2) is 4.79 Å². The fourth-order valence-electron chi connectivity index (χ4n) is 6.49. The zero-order chi connectivity index (χ0) is 31.1. The van der Waals surface area contributed by atoms with E-state index in [1.807, 2.05) is 22.4 Å². The van der Waals surface area contributed by atoms with Gasteiger partial charge in [-0.2, -0.15) is 0 Å². The SMILES string of the molecule is CC(=O)N1CCC([C@@H](NC2CCCCC2)C(=O)N2CCN(C(=O)Oc3ccccc3Cl)C[C@H]2C(=O)NCc2cccs2)CC1. The molecule has 3 aliphatic rings. The van der Waals surface area contributed by atoms with Crippen molar-refractivity contribution in [3.05, 3.63) is 51.7 Å². The summed E-state index contributed by atoms with van der Waals surface area (Å²) in [5, 5.41) is 8.96. The van der Waals surface area contributed by atoms with E-state index in [-0.39, 0.29) is 55.1 Å². The number of ether oxygens (including phenoxy) is 1. The zero-order valence-electron chi connectivity index (χ0n) is 25.2. The lowest BCUT2D eigenvalue weighted by Crippen LogP contribution is -2.66. The fraction of sp³-hybridized carbons (Fsp3) is 0.562. The number of nitrogens with zero attached hydrogens (tertiary/aromatic N) is 3. The Morgan fingerprint density at radius 2 is 1.70 bits per heavy atom. The second kappa shape index (κ2) is 15.2. The van der Waals surface area contributed by atoms with Gasteiger partial charge in [0.25, 0.3) is 0 Å². The topological polar surface area (TPSA) is 111 Å². The lowest BCUT2D eigenvalue weighted by molar-refractivity contribution is -0.147.